The SMILES string of the molecule is CCCCCCCCCCCCCC(=O)NCCC[N+](C)(C)Cc1ccc(C)cc1.[Cl-]. The summed E-state index contributed by atoms with van der Waals surface area (Å²) >= 11 is 0. The van der Waals surface area contributed by atoms with Gasteiger partial charge in [0.25, 0.3) is 0 Å². The van der Waals surface area contributed by atoms with E-state index in [4.69, 9.17) is 0 Å². The summed E-state index contributed by atoms with van der Waals surface area (Å²) in [7, 11) is 4.54. The molecule has 0 radical (unpaired) electrons. The number of carbonyl (C=O) groups excluding carboxylic acids is 1. The van der Waals surface area contributed by atoms with Crippen molar-refractivity contribution in [2.45, 2.75) is 104 Å². The lowest BCUT2D eigenvalue weighted by molar-refractivity contribution is -0.903. The molecular formula is C27H49ClN2O. The summed E-state index contributed by atoms with van der Waals surface area (Å²) in [5.74, 6) is 0.231. The van der Waals surface area contributed by atoms with Gasteiger partial charge in [0.05, 0.1) is 20.6 Å². The number of aryl methyl sites for hydroxylation is 1. The van der Waals surface area contributed by atoms with Gasteiger partial charge in [0, 0.05) is 24.9 Å². The van der Waals surface area contributed by atoms with E-state index in [1.165, 1.54) is 75.3 Å². The Labute approximate surface area is 199 Å². The number of halogens is 1. The molecule has 0 aromatic heterocycles. The number of hydrogen-bond acceptors (Lipinski definition) is 1. The third-order valence-electron chi connectivity index (χ3n) is 6.00. The van der Waals surface area contributed by atoms with Gasteiger partial charge < -0.3 is 22.2 Å². The number of carbonyl (C=O) groups is 1. The van der Waals surface area contributed by atoms with E-state index in [1.807, 2.05) is 0 Å². The lowest BCUT2D eigenvalue weighted by atomic mass is 10.1. The average Bonchev–Trinajstić information content (AvgIpc) is 2.71. The molecular weight excluding hydrogens is 404 g/mol. The van der Waals surface area contributed by atoms with Crippen molar-refractivity contribution in [3.05, 3.63) is 35.4 Å². The molecule has 0 aliphatic heterocycles. The van der Waals surface area contributed by atoms with Crippen molar-refractivity contribution >= 4 is 5.91 Å². The molecule has 1 amide bonds. The highest BCUT2D eigenvalue weighted by molar-refractivity contribution is 5.75. The van der Waals surface area contributed by atoms with Crippen LogP contribution in [-0.2, 0) is 11.3 Å². The predicted octanol–water partition coefficient (Wildman–Crippen LogP) is 3.78. The van der Waals surface area contributed by atoms with Crippen LogP contribution in [0.1, 0.15) is 102 Å². The molecule has 3 nitrogen and oxygen atoms in total. The molecule has 0 atom stereocenters. The smallest absolute Gasteiger partial charge is 0.219 e. The summed E-state index contributed by atoms with van der Waals surface area (Å²) in [6.45, 7) is 7.31. The maximum absolute atomic E-state index is 12.0. The Bertz CT molecular complexity index is 557. The maximum Gasteiger partial charge on any atom is 0.219 e. The van der Waals surface area contributed by atoms with Gasteiger partial charge in [0.1, 0.15) is 6.54 Å². The standard InChI is InChI=1S/C27H48N2O.ClH/c1-5-6-7-8-9-10-11-12-13-14-15-17-27(30)28-22-16-23-29(3,4)24-26-20-18-25(2)19-21-26;/h18-21H,5-17,22-24H2,1-4H3;1H. The molecule has 1 rings (SSSR count). The second kappa shape index (κ2) is 18.5. The van der Waals surface area contributed by atoms with Crippen molar-refractivity contribution in [1.82, 2.24) is 5.32 Å². The van der Waals surface area contributed by atoms with Crippen molar-refractivity contribution in [2.75, 3.05) is 27.2 Å². The Balaban J connectivity index is 0.00000900. The van der Waals surface area contributed by atoms with Crippen LogP contribution in [0, 0.1) is 6.92 Å². The van der Waals surface area contributed by atoms with E-state index in [2.05, 4.69) is 57.5 Å². The fourth-order valence-electron chi connectivity index (χ4n) is 4.04. The van der Waals surface area contributed by atoms with E-state index in [-0.39, 0.29) is 18.3 Å². The first kappa shape index (κ1) is 29.9. The molecule has 0 unspecified atom stereocenters. The van der Waals surface area contributed by atoms with Gasteiger partial charge in [-0.25, -0.2) is 0 Å². The van der Waals surface area contributed by atoms with E-state index in [9.17, 15) is 4.79 Å². The van der Waals surface area contributed by atoms with Crippen LogP contribution in [0.3, 0.4) is 0 Å². The highest BCUT2D eigenvalue weighted by Crippen LogP contribution is 2.13. The number of nitrogens with one attached hydrogen (secondary N) is 1. The van der Waals surface area contributed by atoms with Crippen LogP contribution in [0.25, 0.3) is 0 Å². The second-order valence-corrected chi connectivity index (χ2v) is 9.79. The maximum atomic E-state index is 12.0. The first-order valence-corrected chi connectivity index (χ1v) is 12.6. The van der Waals surface area contributed by atoms with E-state index in [1.54, 1.807) is 0 Å². The van der Waals surface area contributed by atoms with Gasteiger partial charge in [-0.2, -0.15) is 0 Å². The number of hydrogen-bond donors (Lipinski definition) is 1. The molecule has 1 aromatic rings. The number of quaternary nitrogens is 1. The molecule has 31 heavy (non-hydrogen) atoms. The van der Waals surface area contributed by atoms with Crippen LogP contribution in [-0.4, -0.2) is 37.6 Å². The van der Waals surface area contributed by atoms with Crippen LogP contribution in [0.5, 0.6) is 0 Å². The monoisotopic (exact) mass is 452 g/mol. The van der Waals surface area contributed by atoms with Crippen molar-refractivity contribution in [3.63, 3.8) is 0 Å². The first-order valence-electron chi connectivity index (χ1n) is 12.6. The molecule has 0 saturated heterocycles. The average molecular weight is 453 g/mol. The number of nitrogens with zero attached hydrogens (tertiary/aromatic N) is 1. The molecule has 1 aromatic carbocycles. The zero-order valence-corrected chi connectivity index (χ0v) is 21.6. The van der Waals surface area contributed by atoms with Crippen molar-refractivity contribution in [3.8, 4) is 0 Å². The van der Waals surface area contributed by atoms with Gasteiger partial charge in [-0.3, -0.25) is 4.79 Å². The summed E-state index contributed by atoms with van der Waals surface area (Å²) in [6.07, 6.45) is 16.3. The van der Waals surface area contributed by atoms with E-state index < -0.39 is 0 Å². The summed E-state index contributed by atoms with van der Waals surface area (Å²) in [4.78, 5) is 12.0. The Kier molecular flexibility index (Phi) is 17.9. The summed E-state index contributed by atoms with van der Waals surface area (Å²) in [5.41, 5.74) is 2.69. The third kappa shape index (κ3) is 17.2. The quantitative estimate of drug-likeness (QED) is 0.266. The Morgan fingerprint density at radius 3 is 1.87 bits per heavy atom. The minimum Gasteiger partial charge on any atom is -1.00 e. The summed E-state index contributed by atoms with van der Waals surface area (Å²) in [6, 6.07) is 8.82. The van der Waals surface area contributed by atoms with Crippen LogP contribution in [0.15, 0.2) is 24.3 Å². The van der Waals surface area contributed by atoms with Crippen LogP contribution in [0.4, 0.5) is 0 Å². The summed E-state index contributed by atoms with van der Waals surface area (Å²) < 4.78 is 0.956. The number of amides is 1. The number of rotatable bonds is 18. The van der Waals surface area contributed by atoms with Crippen molar-refractivity contribution in [2.24, 2.45) is 0 Å². The van der Waals surface area contributed by atoms with E-state index in [0.29, 0.717) is 6.42 Å². The van der Waals surface area contributed by atoms with E-state index >= 15 is 0 Å². The topological polar surface area (TPSA) is 29.1 Å². The predicted molar refractivity (Wildman–Crippen MR) is 131 cm³/mol. The van der Waals surface area contributed by atoms with Gasteiger partial charge in [0.2, 0.25) is 5.91 Å². The van der Waals surface area contributed by atoms with Gasteiger partial charge in [-0.1, -0.05) is 101 Å². The molecule has 0 aliphatic carbocycles. The Morgan fingerprint density at radius 2 is 1.32 bits per heavy atom. The fourth-order valence-corrected chi connectivity index (χ4v) is 4.04. The van der Waals surface area contributed by atoms with Crippen LogP contribution in [0.2, 0.25) is 0 Å². The largest absolute Gasteiger partial charge is 1.00 e. The molecule has 180 valence electrons. The number of benzene rings is 1. The summed E-state index contributed by atoms with van der Waals surface area (Å²) in [5, 5.41) is 3.11. The van der Waals surface area contributed by atoms with Gasteiger partial charge in [0.15, 0.2) is 0 Å². The first-order chi connectivity index (χ1) is 14.4. The lowest BCUT2D eigenvalue weighted by Crippen LogP contribution is -3.00. The van der Waals surface area contributed by atoms with Gasteiger partial charge >= 0.3 is 0 Å². The molecule has 0 aliphatic rings. The van der Waals surface area contributed by atoms with Gasteiger partial charge in [-0.05, 0) is 13.3 Å². The minimum atomic E-state index is 0. The third-order valence-corrected chi connectivity index (χ3v) is 6.00. The number of unbranched alkanes of at least 4 members (excludes halogenated alkanes) is 10. The highest BCUT2D eigenvalue weighted by atomic mass is 35.5. The lowest BCUT2D eigenvalue weighted by Gasteiger charge is -2.30. The second-order valence-electron chi connectivity index (χ2n) is 9.79. The molecule has 0 saturated carbocycles. The molecule has 0 spiro atoms. The molecule has 0 fully saturated rings. The van der Waals surface area contributed by atoms with Crippen LogP contribution < -0.4 is 17.7 Å². The minimum absolute atomic E-state index is 0. The normalized spacial score (nSPS) is 11.2. The highest BCUT2D eigenvalue weighted by Gasteiger charge is 2.15. The molecule has 1 N–H and O–H groups in total. The molecule has 4 heteroatoms. The van der Waals surface area contributed by atoms with Crippen molar-refractivity contribution < 1.29 is 21.7 Å². The Hall–Kier alpha value is -1.06. The zero-order chi connectivity index (χ0) is 22.1. The Morgan fingerprint density at radius 1 is 0.806 bits per heavy atom. The molecule has 0 heterocycles. The molecule has 0 bridgehead atoms. The van der Waals surface area contributed by atoms with Crippen LogP contribution >= 0.6 is 0 Å². The fraction of sp³-hybridized carbons (Fsp3) is 0.741. The van der Waals surface area contributed by atoms with E-state index in [0.717, 1.165) is 37.0 Å². The zero-order valence-electron chi connectivity index (χ0n) is 20.9. The van der Waals surface area contributed by atoms with Gasteiger partial charge in [-0.15, -0.1) is 0 Å². The van der Waals surface area contributed by atoms with Crippen molar-refractivity contribution in [1.29, 1.82) is 0 Å².